The van der Waals surface area contributed by atoms with Gasteiger partial charge in [-0.25, -0.2) is 0 Å². The van der Waals surface area contributed by atoms with Crippen LogP contribution in [0, 0.1) is 0 Å². The van der Waals surface area contributed by atoms with Gasteiger partial charge in [0.2, 0.25) is 0 Å². The van der Waals surface area contributed by atoms with E-state index < -0.39 is 0 Å². The molecule has 60 heavy (non-hydrogen) atoms. The van der Waals surface area contributed by atoms with E-state index in [1.54, 1.807) is 0 Å². The van der Waals surface area contributed by atoms with Crippen LogP contribution in [0.2, 0.25) is 0 Å². The number of nitrogens with zero attached hydrogens (tertiary/aromatic N) is 1. The Hall–Kier alpha value is -6.96. The van der Waals surface area contributed by atoms with Gasteiger partial charge in [0.15, 0.2) is 0 Å². The van der Waals surface area contributed by atoms with Gasteiger partial charge in [-0.15, -0.1) is 0 Å². The number of allylic oxidation sites excluding steroid dienone is 2. The third-order valence-electron chi connectivity index (χ3n) is 13.8. The van der Waals surface area contributed by atoms with Gasteiger partial charge >= 0.3 is 0 Å². The third-order valence-corrected chi connectivity index (χ3v) is 13.8. The Balaban J connectivity index is 1.02. The van der Waals surface area contributed by atoms with Crippen LogP contribution in [0.4, 0.5) is 11.4 Å². The quantitative estimate of drug-likeness (QED) is 0.161. The fraction of sp³-hybridized carbons (Fsp3) is 0.119. The number of fused-ring (bicyclic) bond motifs is 9. The van der Waals surface area contributed by atoms with E-state index in [0.29, 0.717) is 0 Å². The zero-order chi connectivity index (χ0) is 40.0. The molecule has 0 aromatic heterocycles. The molecule has 1 heteroatoms. The number of hydrogen-bond donors (Lipinski definition) is 0. The average Bonchev–Trinajstić information content (AvgIpc) is 3.41. The SMILES string of the molecule is CC1(C)c2ccccc2-c2c1cc(-c1ccc(-c3c4ccccc4c(-c4ccc5c(c4)N(C4C=CC=CC4)c4ccccc4CC5)c4ccccc34)cc1)c1ccccc21. The highest BCUT2D eigenvalue weighted by atomic mass is 15.2. The van der Waals surface area contributed by atoms with Crippen molar-refractivity contribution in [2.24, 2.45) is 0 Å². The van der Waals surface area contributed by atoms with Gasteiger partial charge in [0.05, 0.1) is 6.04 Å². The molecule has 0 spiro atoms. The first-order valence-corrected chi connectivity index (χ1v) is 21.6. The molecular weight excluding hydrogens is 723 g/mol. The lowest BCUT2D eigenvalue weighted by Crippen LogP contribution is -2.30. The van der Waals surface area contributed by atoms with Crippen LogP contribution in [-0.2, 0) is 18.3 Å². The minimum absolute atomic E-state index is 0.0749. The molecule has 1 atom stereocenters. The molecule has 0 radical (unpaired) electrons. The van der Waals surface area contributed by atoms with Crippen LogP contribution in [0.5, 0.6) is 0 Å². The maximum Gasteiger partial charge on any atom is 0.0560 e. The predicted octanol–water partition coefficient (Wildman–Crippen LogP) is 15.6. The number of aryl methyl sites for hydroxylation is 2. The lowest BCUT2D eigenvalue weighted by Gasteiger charge is -2.34. The molecule has 0 fully saturated rings. The summed E-state index contributed by atoms with van der Waals surface area (Å²) in [4.78, 5) is 2.62. The Morgan fingerprint density at radius 1 is 0.433 bits per heavy atom. The van der Waals surface area contributed by atoms with E-state index in [1.165, 1.54) is 110 Å². The van der Waals surface area contributed by atoms with Crippen molar-refractivity contribution >= 4 is 43.7 Å². The van der Waals surface area contributed by atoms with Crippen molar-refractivity contribution in [2.75, 3.05) is 4.90 Å². The fourth-order valence-electron chi connectivity index (χ4n) is 11.0. The highest BCUT2D eigenvalue weighted by molar-refractivity contribution is 6.21. The summed E-state index contributed by atoms with van der Waals surface area (Å²) in [6.45, 7) is 4.76. The van der Waals surface area contributed by atoms with Crippen LogP contribution in [0.1, 0.15) is 42.5 Å². The Morgan fingerprint density at radius 3 is 1.67 bits per heavy atom. The molecule has 9 aromatic rings. The lowest BCUT2D eigenvalue weighted by atomic mass is 9.80. The van der Waals surface area contributed by atoms with Crippen molar-refractivity contribution in [2.45, 2.75) is 44.6 Å². The largest absolute Gasteiger partial charge is 0.334 e. The molecule has 1 heterocycles. The van der Waals surface area contributed by atoms with Gasteiger partial charge in [-0.1, -0.05) is 190 Å². The zero-order valence-corrected chi connectivity index (χ0v) is 34.1. The molecule has 1 nitrogen and oxygen atoms in total. The smallest absolute Gasteiger partial charge is 0.0560 e. The molecule has 286 valence electrons. The van der Waals surface area contributed by atoms with Crippen molar-refractivity contribution in [3.63, 3.8) is 0 Å². The minimum Gasteiger partial charge on any atom is -0.334 e. The van der Waals surface area contributed by atoms with E-state index in [-0.39, 0.29) is 11.5 Å². The summed E-state index contributed by atoms with van der Waals surface area (Å²) >= 11 is 0. The maximum atomic E-state index is 2.62. The van der Waals surface area contributed by atoms with E-state index in [2.05, 4.69) is 213 Å². The summed E-state index contributed by atoms with van der Waals surface area (Å²) in [6, 6.07) is 64.6. The molecule has 3 aliphatic rings. The molecule has 0 amide bonds. The van der Waals surface area contributed by atoms with Crippen LogP contribution in [-0.4, -0.2) is 6.04 Å². The first-order chi connectivity index (χ1) is 29.5. The first-order valence-electron chi connectivity index (χ1n) is 21.6. The summed E-state index contributed by atoms with van der Waals surface area (Å²) < 4.78 is 0. The van der Waals surface area contributed by atoms with Crippen LogP contribution in [0.15, 0.2) is 194 Å². The number of hydrogen-bond acceptors (Lipinski definition) is 1. The topological polar surface area (TPSA) is 3.24 Å². The van der Waals surface area contributed by atoms with Gasteiger partial charge in [-0.05, 0) is 137 Å². The normalized spacial score (nSPS) is 16.1. The summed E-state index contributed by atoms with van der Waals surface area (Å²) in [5.41, 5.74) is 18.6. The average molecular weight is 768 g/mol. The van der Waals surface area contributed by atoms with Gasteiger partial charge in [0.25, 0.3) is 0 Å². The lowest BCUT2D eigenvalue weighted by molar-refractivity contribution is 0.661. The summed E-state index contributed by atoms with van der Waals surface area (Å²) in [5.74, 6) is 0. The second-order valence-corrected chi connectivity index (χ2v) is 17.4. The van der Waals surface area contributed by atoms with E-state index in [0.717, 1.165) is 19.3 Å². The molecular formula is C59H45N. The second-order valence-electron chi connectivity index (χ2n) is 17.4. The minimum atomic E-state index is -0.0749. The molecule has 12 rings (SSSR count). The monoisotopic (exact) mass is 767 g/mol. The van der Waals surface area contributed by atoms with Crippen molar-refractivity contribution in [3.8, 4) is 44.5 Å². The maximum absolute atomic E-state index is 2.62. The predicted molar refractivity (Wildman–Crippen MR) is 256 cm³/mol. The zero-order valence-electron chi connectivity index (χ0n) is 34.1. The molecule has 0 saturated carbocycles. The Labute approximate surface area is 352 Å². The molecule has 9 aromatic carbocycles. The van der Waals surface area contributed by atoms with Gasteiger partial charge in [0, 0.05) is 16.8 Å². The van der Waals surface area contributed by atoms with Gasteiger partial charge in [-0.2, -0.15) is 0 Å². The number of rotatable bonds is 4. The number of para-hydroxylation sites is 1. The molecule has 2 aliphatic carbocycles. The van der Waals surface area contributed by atoms with Crippen molar-refractivity contribution in [1.29, 1.82) is 0 Å². The first kappa shape index (κ1) is 35.0. The molecule has 0 bridgehead atoms. The van der Waals surface area contributed by atoms with Crippen LogP contribution < -0.4 is 4.90 Å². The van der Waals surface area contributed by atoms with Crippen LogP contribution in [0.25, 0.3) is 76.8 Å². The molecule has 0 N–H and O–H groups in total. The van der Waals surface area contributed by atoms with Gasteiger partial charge in [-0.3, -0.25) is 0 Å². The fourth-order valence-corrected chi connectivity index (χ4v) is 11.0. The Kier molecular flexibility index (Phi) is 7.91. The molecule has 1 unspecified atom stereocenters. The standard InChI is InChI=1S/C59H45N/c1-59(2)52-26-14-13-25-50(52)58-45-20-8-7-19-44(45)51(37-53(58)59)38-28-33-41(34-29-38)56-46-21-9-11-23-48(46)57(49-24-12-10-22-47(49)56)42-35-32-40-31-30-39-16-6-15-27-54(39)60(55(40)36-42)43-17-4-3-5-18-43/h3-17,19-29,32-37,43H,18,30-31H2,1-2H3. The summed E-state index contributed by atoms with van der Waals surface area (Å²) in [7, 11) is 0. The highest BCUT2D eigenvalue weighted by Crippen LogP contribution is 2.53. The highest BCUT2D eigenvalue weighted by Gasteiger charge is 2.37. The van der Waals surface area contributed by atoms with E-state index in [4.69, 9.17) is 0 Å². The molecule has 1 aliphatic heterocycles. The van der Waals surface area contributed by atoms with Crippen molar-refractivity contribution < 1.29 is 0 Å². The van der Waals surface area contributed by atoms with Crippen molar-refractivity contribution in [1.82, 2.24) is 0 Å². The number of benzene rings is 9. The van der Waals surface area contributed by atoms with Crippen molar-refractivity contribution in [3.05, 3.63) is 216 Å². The van der Waals surface area contributed by atoms with E-state index in [1.807, 2.05) is 0 Å². The van der Waals surface area contributed by atoms with Crippen LogP contribution >= 0.6 is 0 Å². The second kappa shape index (κ2) is 13.5. The summed E-state index contributed by atoms with van der Waals surface area (Å²) in [6.07, 6.45) is 12.1. The Morgan fingerprint density at radius 2 is 0.983 bits per heavy atom. The Bertz CT molecular complexity index is 3210. The van der Waals surface area contributed by atoms with Gasteiger partial charge < -0.3 is 4.90 Å². The molecule has 0 saturated heterocycles. The van der Waals surface area contributed by atoms with E-state index >= 15 is 0 Å². The van der Waals surface area contributed by atoms with E-state index in [9.17, 15) is 0 Å². The third kappa shape index (κ3) is 5.25. The summed E-state index contributed by atoms with van der Waals surface area (Å²) in [5, 5.41) is 7.75. The number of anilines is 2. The van der Waals surface area contributed by atoms with Crippen LogP contribution in [0.3, 0.4) is 0 Å². The van der Waals surface area contributed by atoms with Gasteiger partial charge in [0.1, 0.15) is 0 Å².